The Balaban J connectivity index is 2.31. The normalized spacial score (nSPS) is 10.3. The fourth-order valence-electron chi connectivity index (χ4n) is 1.64. The lowest BCUT2D eigenvalue weighted by atomic mass is 10.1. The van der Waals surface area contributed by atoms with Crippen molar-refractivity contribution in [3.05, 3.63) is 41.7 Å². The SMILES string of the molecule is COC(=O)c1conc1-c1ccc(CCCl)cc1. The molecule has 0 N–H and O–H groups in total. The first kappa shape index (κ1) is 12.6. The predicted octanol–water partition coefficient (Wildman–Crippen LogP) is 2.91. The number of carbonyl (C=O) groups is 1. The lowest BCUT2D eigenvalue weighted by molar-refractivity contribution is 0.0600. The van der Waals surface area contributed by atoms with E-state index in [0.29, 0.717) is 17.1 Å². The van der Waals surface area contributed by atoms with E-state index in [1.807, 2.05) is 24.3 Å². The van der Waals surface area contributed by atoms with Crippen LogP contribution in [0.25, 0.3) is 11.3 Å². The number of alkyl halides is 1. The first-order chi connectivity index (χ1) is 8.76. The summed E-state index contributed by atoms with van der Waals surface area (Å²) in [7, 11) is 1.32. The number of halogens is 1. The number of hydrogen-bond donors (Lipinski definition) is 0. The van der Waals surface area contributed by atoms with Gasteiger partial charge in [-0.05, 0) is 12.0 Å². The third-order valence-electron chi connectivity index (χ3n) is 2.59. The molecule has 94 valence electrons. The van der Waals surface area contributed by atoms with Crippen LogP contribution in [0.5, 0.6) is 0 Å². The molecule has 0 radical (unpaired) electrons. The number of aryl methyl sites for hydroxylation is 1. The van der Waals surface area contributed by atoms with Crippen molar-refractivity contribution in [2.24, 2.45) is 0 Å². The third-order valence-corrected chi connectivity index (χ3v) is 2.77. The van der Waals surface area contributed by atoms with Crippen LogP contribution in [0.15, 0.2) is 35.1 Å². The molecular weight excluding hydrogens is 254 g/mol. The number of rotatable bonds is 4. The standard InChI is InChI=1S/C13H12ClNO3/c1-17-13(16)11-8-18-15-12(11)10-4-2-9(3-5-10)6-7-14/h2-5,8H,6-7H2,1H3. The molecule has 0 saturated carbocycles. The fraction of sp³-hybridized carbons (Fsp3) is 0.231. The van der Waals surface area contributed by atoms with E-state index in [1.54, 1.807) is 0 Å². The minimum atomic E-state index is -0.462. The van der Waals surface area contributed by atoms with Crippen molar-refractivity contribution in [2.75, 3.05) is 13.0 Å². The van der Waals surface area contributed by atoms with E-state index in [-0.39, 0.29) is 0 Å². The number of esters is 1. The van der Waals surface area contributed by atoms with E-state index in [1.165, 1.54) is 13.4 Å². The summed E-state index contributed by atoms with van der Waals surface area (Å²) in [6.07, 6.45) is 2.10. The number of methoxy groups -OCH3 is 1. The third kappa shape index (κ3) is 2.54. The number of nitrogens with zero attached hydrogens (tertiary/aromatic N) is 1. The second-order valence-electron chi connectivity index (χ2n) is 3.70. The molecule has 5 heteroatoms. The van der Waals surface area contributed by atoms with E-state index in [2.05, 4.69) is 9.89 Å². The molecule has 0 atom stereocenters. The second kappa shape index (κ2) is 5.69. The molecule has 0 bridgehead atoms. The number of ether oxygens (including phenoxy) is 1. The van der Waals surface area contributed by atoms with Crippen molar-refractivity contribution < 1.29 is 14.1 Å². The van der Waals surface area contributed by atoms with Gasteiger partial charge >= 0.3 is 5.97 Å². The van der Waals surface area contributed by atoms with Crippen LogP contribution in [-0.4, -0.2) is 24.1 Å². The van der Waals surface area contributed by atoms with Crippen molar-refractivity contribution in [1.82, 2.24) is 5.16 Å². The molecule has 0 aliphatic carbocycles. The molecule has 1 aromatic carbocycles. The summed E-state index contributed by atoms with van der Waals surface area (Å²) in [5, 5.41) is 3.83. The predicted molar refractivity (Wildman–Crippen MR) is 67.7 cm³/mol. The van der Waals surface area contributed by atoms with Crippen LogP contribution in [0, 0.1) is 0 Å². The van der Waals surface area contributed by atoms with Crippen molar-refractivity contribution in [3.63, 3.8) is 0 Å². The molecule has 0 unspecified atom stereocenters. The summed E-state index contributed by atoms with van der Waals surface area (Å²) in [5.74, 6) is 0.118. The Kier molecular flexibility index (Phi) is 3.99. The van der Waals surface area contributed by atoms with Gasteiger partial charge in [-0.1, -0.05) is 29.4 Å². The maximum atomic E-state index is 11.5. The van der Waals surface area contributed by atoms with Gasteiger partial charge in [0.2, 0.25) is 0 Å². The van der Waals surface area contributed by atoms with Crippen molar-refractivity contribution in [2.45, 2.75) is 6.42 Å². The quantitative estimate of drug-likeness (QED) is 0.630. The largest absolute Gasteiger partial charge is 0.465 e. The van der Waals surface area contributed by atoms with Gasteiger partial charge in [0.25, 0.3) is 0 Å². The maximum absolute atomic E-state index is 11.5. The van der Waals surface area contributed by atoms with Crippen LogP contribution in [0.2, 0.25) is 0 Å². The summed E-state index contributed by atoms with van der Waals surface area (Å²) >= 11 is 5.67. The minimum absolute atomic E-state index is 0.322. The van der Waals surface area contributed by atoms with E-state index >= 15 is 0 Å². The summed E-state index contributed by atoms with van der Waals surface area (Å²) in [6.45, 7) is 0. The minimum Gasteiger partial charge on any atom is -0.465 e. The molecule has 2 rings (SSSR count). The van der Waals surface area contributed by atoms with Gasteiger partial charge in [0.05, 0.1) is 7.11 Å². The van der Waals surface area contributed by atoms with Gasteiger partial charge in [0, 0.05) is 11.4 Å². The number of hydrogen-bond acceptors (Lipinski definition) is 4. The Bertz CT molecular complexity index is 533. The van der Waals surface area contributed by atoms with E-state index in [4.69, 9.17) is 16.1 Å². The highest BCUT2D eigenvalue weighted by Gasteiger charge is 2.17. The smallest absolute Gasteiger partial charge is 0.343 e. The zero-order valence-corrected chi connectivity index (χ0v) is 10.6. The molecule has 0 amide bonds. The van der Waals surface area contributed by atoms with Gasteiger partial charge in [-0.2, -0.15) is 0 Å². The first-order valence-corrected chi connectivity index (χ1v) is 5.97. The van der Waals surface area contributed by atoms with Crippen LogP contribution in [0.3, 0.4) is 0 Å². The maximum Gasteiger partial charge on any atom is 0.343 e. The molecule has 18 heavy (non-hydrogen) atoms. The van der Waals surface area contributed by atoms with Crippen LogP contribution in [0.1, 0.15) is 15.9 Å². The molecule has 0 fully saturated rings. The zero-order valence-electron chi connectivity index (χ0n) is 9.85. The van der Waals surface area contributed by atoms with Crippen LogP contribution < -0.4 is 0 Å². The Morgan fingerprint density at radius 2 is 2.11 bits per heavy atom. The zero-order chi connectivity index (χ0) is 13.0. The van der Waals surface area contributed by atoms with Gasteiger partial charge in [0.15, 0.2) is 0 Å². The van der Waals surface area contributed by atoms with Crippen molar-refractivity contribution in [3.8, 4) is 11.3 Å². The average molecular weight is 266 g/mol. The molecule has 4 nitrogen and oxygen atoms in total. The van der Waals surface area contributed by atoms with Crippen LogP contribution in [-0.2, 0) is 11.2 Å². The summed E-state index contributed by atoms with van der Waals surface area (Å²) in [6, 6.07) is 7.67. The number of carbonyl (C=O) groups excluding carboxylic acids is 1. The lowest BCUT2D eigenvalue weighted by Crippen LogP contribution is -2.01. The van der Waals surface area contributed by atoms with Crippen LogP contribution >= 0.6 is 11.6 Å². The molecule has 0 spiro atoms. The second-order valence-corrected chi connectivity index (χ2v) is 4.08. The highest BCUT2D eigenvalue weighted by molar-refractivity contribution is 6.18. The highest BCUT2D eigenvalue weighted by atomic mass is 35.5. The Hall–Kier alpha value is -1.81. The topological polar surface area (TPSA) is 52.3 Å². The Morgan fingerprint density at radius 1 is 1.39 bits per heavy atom. The molecular formula is C13H12ClNO3. The molecule has 0 aliphatic heterocycles. The average Bonchev–Trinajstić information content (AvgIpc) is 2.88. The lowest BCUT2D eigenvalue weighted by Gasteiger charge is -2.02. The van der Waals surface area contributed by atoms with Crippen molar-refractivity contribution in [1.29, 1.82) is 0 Å². The van der Waals surface area contributed by atoms with Gasteiger partial charge in [-0.25, -0.2) is 4.79 Å². The molecule has 0 aliphatic rings. The van der Waals surface area contributed by atoms with Gasteiger partial charge in [-0.3, -0.25) is 0 Å². The monoisotopic (exact) mass is 265 g/mol. The summed E-state index contributed by atoms with van der Waals surface area (Å²) in [5.41, 5.74) is 2.75. The summed E-state index contributed by atoms with van der Waals surface area (Å²) in [4.78, 5) is 11.5. The van der Waals surface area contributed by atoms with E-state index in [9.17, 15) is 4.79 Å². The van der Waals surface area contributed by atoms with Gasteiger partial charge in [0.1, 0.15) is 17.5 Å². The van der Waals surface area contributed by atoms with Gasteiger partial charge < -0.3 is 9.26 Å². The summed E-state index contributed by atoms with van der Waals surface area (Å²) < 4.78 is 9.49. The first-order valence-electron chi connectivity index (χ1n) is 5.44. The number of benzene rings is 1. The van der Waals surface area contributed by atoms with Gasteiger partial charge in [-0.15, -0.1) is 11.6 Å². The molecule has 2 aromatic rings. The highest BCUT2D eigenvalue weighted by Crippen LogP contribution is 2.23. The Labute approximate surface area is 109 Å². The molecule has 1 heterocycles. The Morgan fingerprint density at radius 3 is 2.72 bits per heavy atom. The fourth-order valence-corrected chi connectivity index (χ4v) is 1.86. The molecule has 0 saturated heterocycles. The molecule has 1 aromatic heterocycles. The van der Waals surface area contributed by atoms with Crippen molar-refractivity contribution >= 4 is 17.6 Å². The van der Waals surface area contributed by atoms with Crippen LogP contribution in [0.4, 0.5) is 0 Å². The van der Waals surface area contributed by atoms with E-state index in [0.717, 1.165) is 17.5 Å². The van der Waals surface area contributed by atoms with E-state index < -0.39 is 5.97 Å². The number of aromatic nitrogens is 1.